The number of methoxy groups -OCH3 is 2. The summed E-state index contributed by atoms with van der Waals surface area (Å²) in [5, 5.41) is 3.30. The van der Waals surface area contributed by atoms with E-state index in [1.54, 1.807) is 14.2 Å². The van der Waals surface area contributed by atoms with Crippen LogP contribution in [0.4, 0.5) is 0 Å². The molecule has 1 N–H and O–H groups in total. The molecule has 0 aromatic heterocycles. The van der Waals surface area contributed by atoms with Gasteiger partial charge in [0.2, 0.25) is 5.91 Å². The van der Waals surface area contributed by atoms with E-state index in [0.29, 0.717) is 19.1 Å². The summed E-state index contributed by atoms with van der Waals surface area (Å²) < 4.78 is 10.7. The van der Waals surface area contributed by atoms with Gasteiger partial charge in [-0.1, -0.05) is 0 Å². The summed E-state index contributed by atoms with van der Waals surface area (Å²) >= 11 is 0. The van der Waals surface area contributed by atoms with Gasteiger partial charge in [-0.15, -0.1) is 0 Å². The Labute approximate surface area is 137 Å². The number of ether oxygens (including phenoxy) is 2. The topological polar surface area (TPSA) is 50.8 Å². The van der Waals surface area contributed by atoms with Crippen LogP contribution in [0.2, 0.25) is 0 Å². The Balaban J connectivity index is 1.65. The highest BCUT2D eigenvalue weighted by Gasteiger charge is 2.33. The van der Waals surface area contributed by atoms with Gasteiger partial charge >= 0.3 is 0 Å². The van der Waals surface area contributed by atoms with Crippen molar-refractivity contribution >= 4 is 5.91 Å². The third-order valence-corrected chi connectivity index (χ3v) is 4.54. The number of carbonyl (C=O) groups excluding carboxylic acids is 1. The van der Waals surface area contributed by atoms with Crippen LogP contribution in [0.1, 0.15) is 31.2 Å². The molecular weight excluding hydrogens is 292 g/mol. The van der Waals surface area contributed by atoms with E-state index in [1.807, 2.05) is 23.1 Å². The highest BCUT2D eigenvalue weighted by Crippen LogP contribution is 2.32. The maximum atomic E-state index is 12.6. The van der Waals surface area contributed by atoms with Crippen molar-refractivity contribution in [1.82, 2.24) is 10.2 Å². The Hall–Kier alpha value is -1.75. The predicted octanol–water partition coefficient (Wildman–Crippen LogP) is 2.19. The quantitative estimate of drug-likeness (QED) is 0.758. The lowest BCUT2D eigenvalue weighted by Gasteiger charge is -2.24. The number of hydrogen-bond donors (Lipinski definition) is 1. The second kappa shape index (κ2) is 7.21. The summed E-state index contributed by atoms with van der Waals surface area (Å²) in [6, 6.07) is 6.11. The van der Waals surface area contributed by atoms with Gasteiger partial charge in [-0.3, -0.25) is 4.79 Å². The first-order valence-electron chi connectivity index (χ1n) is 8.42. The van der Waals surface area contributed by atoms with E-state index in [1.165, 1.54) is 12.8 Å². The van der Waals surface area contributed by atoms with Crippen molar-refractivity contribution in [2.75, 3.05) is 27.3 Å². The summed E-state index contributed by atoms with van der Waals surface area (Å²) in [6.07, 6.45) is 4.80. The number of nitrogens with one attached hydrogen (secondary N) is 1. The lowest BCUT2D eigenvalue weighted by atomic mass is 10.1. The number of hydrogen-bond acceptors (Lipinski definition) is 4. The molecule has 0 aliphatic heterocycles. The summed E-state index contributed by atoms with van der Waals surface area (Å²) in [5.41, 5.74) is 0.995. The smallest absolute Gasteiger partial charge is 0.237 e. The van der Waals surface area contributed by atoms with Crippen LogP contribution in [0.3, 0.4) is 0 Å². The van der Waals surface area contributed by atoms with E-state index in [4.69, 9.17) is 9.47 Å². The molecule has 2 fully saturated rings. The van der Waals surface area contributed by atoms with Crippen LogP contribution >= 0.6 is 0 Å². The molecule has 2 aliphatic rings. The molecule has 5 nitrogen and oxygen atoms in total. The summed E-state index contributed by atoms with van der Waals surface area (Å²) in [4.78, 5) is 14.6. The molecule has 0 bridgehead atoms. The summed E-state index contributed by atoms with van der Waals surface area (Å²) in [7, 11) is 3.31. The number of nitrogens with zero attached hydrogens (tertiary/aromatic N) is 1. The molecule has 0 unspecified atom stereocenters. The Morgan fingerprint density at radius 3 is 2.61 bits per heavy atom. The third kappa shape index (κ3) is 4.38. The zero-order valence-electron chi connectivity index (χ0n) is 14.0. The minimum absolute atomic E-state index is 0.179. The molecule has 1 amide bonds. The molecule has 3 rings (SSSR count). The lowest BCUT2D eigenvalue weighted by molar-refractivity contribution is -0.131. The van der Waals surface area contributed by atoms with E-state index in [0.717, 1.165) is 42.4 Å². The Kier molecular flexibility index (Phi) is 5.06. The molecule has 5 heteroatoms. The Bertz CT molecular complexity index is 553. The van der Waals surface area contributed by atoms with Gasteiger partial charge in [0.15, 0.2) is 0 Å². The highest BCUT2D eigenvalue weighted by molar-refractivity contribution is 5.79. The standard InChI is InChI=1S/C18H26N2O3/c1-22-16-7-8-17(23-2)14(9-16)12-20(15-5-6-15)18(21)11-19-10-13-3-4-13/h7-9,13,15,19H,3-6,10-12H2,1-2H3. The van der Waals surface area contributed by atoms with Crippen LogP contribution in [-0.4, -0.2) is 44.2 Å². The van der Waals surface area contributed by atoms with E-state index in [-0.39, 0.29) is 5.91 Å². The van der Waals surface area contributed by atoms with Crippen LogP contribution < -0.4 is 14.8 Å². The molecule has 0 saturated heterocycles. The Morgan fingerprint density at radius 1 is 1.22 bits per heavy atom. The van der Waals surface area contributed by atoms with Crippen LogP contribution in [0.15, 0.2) is 18.2 Å². The maximum Gasteiger partial charge on any atom is 0.237 e. The molecule has 2 saturated carbocycles. The first-order valence-corrected chi connectivity index (χ1v) is 8.42. The number of benzene rings is 1. The Morgan fingerprint density at radius 2 is 2.00 bits per heavy atom. The fourth-order valence-electron chi connectivity index (χ4n) is 2.80. The van der Waals surface area contributed by atoms with Crippen LogP contribution in [0.5, 0.6) is 11.5 Å². The van der Waals surface area contributed by atoms with Gasteiger partial charge in [-0.05, 0) is 56.3 Å². The van der Waals surface area contributed by atoms with Gasteiger partial charge in [0.05, 0.1) is 20.8 Å². The van der Waals surface area contributed by atoms with Crippen molar-refractivity contribution < 1.29 is 14.3 Å². The largest absolute Gasteiger partial charge is 0.497 e. The van der Waals surface area contributed by atoms with Crippen molar-refractivity contribution in [1.29, 1.82) is 0 Å². The minimum Gasteiger partial charge on any atom is -0.497 e. The van der Waals surface area contributed by atoms with E-state index >= 15 is 0 Å². The average molecular weight is 318 g/mol. The van der Waals surface area contributed by atoms with Crippen molar-refractivity contribution in [2.24, 2.45) is 5.92 Å². The van der Waals surface area contributed by atoms with Crippen molar-refractivity contribution in [3.05, 3.63) is 23.8 Å². The number of rotatable bonds is 9. The summed E-state index contributed by atoms with van der Waals surface area (Å²) in [5.74, 6) is 2.56. The lowest BCUT2D eigenvalue weighted by Crippen LogP contribution is -2.39. The highest BCUT2D eigenvalue weighted by atomic mass is 16.5. The average Bonchev–Trinajstić information content (AvgIpc) is 3.45. The molecule has 0 spiro atoms. The molecule has 1 aromatic rings. The van der Waals surface area contributed by atoms with Gasteiger partial charge in [0, 0.05) is 18.2 Å². The van der Waals surface area contributed by atoms with Crippen LogP contribution in [0, 0.1) is 5.92 Å². The number of carbonyl (C=O) groups is 1. The summed E-state index contributed by atoms with van der Waals surface area (Å²) in [6.45, 7) is 1.97. The third-order valence-electron chi connectivity index (χ3n) is 4.54. The zero-order valence-corrected chi connectivity index (χ0v) is 14.0. The predicted molar refractivity (Wildman–Crippen MR) is 88.7 cm³/mol. The normalized spacial score (nSPS) is 17.0. The fourth-order valence-corrected chi connectivity index (χ4v) is 2.80. The van der Waals surface area contributed by atoms with Gasteiger partial charge in [-0.2, -0.15) is 0 Å². The monoisotopic (exact) mass is 318 g/mol. The second-order valence-corrected chi connectivity index (χ2v) is 6.50. The van der Waals surface area contributed by atoms with Gasteiger partial charge in [-0.25, -0.2) is 0 Å². The van der Waals surface area contributed by atoms with Crippen LogP contribution in [-0.2, 0) is 11.3 Å². The molecule has 1 aromatic carbocycles. The molecule has 0 radical (unpaired) electrons. The van der Waals surface area contributed by atoms with Gasteiger partial charge in [0.25, 0.3) is 0 Å². The van der Waals surface area contributed by atoms with Crippen molar-refractivity contribution in [3.8, 4) is 11.5 Å². The molecular formula is C18H26N2O3. The maximum absolute atomic E-state index is 12.6. The first-order chi connectivity index (χ1) is 11.2. The molecule has 0 heterocycles. The van der Waals surface area contributed by atoms with E-state index < -0.39 is 0 Å². The number of amides is 1. The second-order valence-electron chi connectivity index (χ2n) is 6.50. The molecule has 2 aliphatic carbocycles. The van der Waals surface area contributed by atoms with E-state index in [2.05, 4.69) is 5.32 Å². The first kappa shape index (κ1) is 16.1. The van der Waals surface area contributed by atoms with E-state index in [9.17, 15) is 4.79 Å². The minimum atomic E-state index is 0.179. The van der Waals surface area contributed by atoms with Crippen molar-refractivity contribution in [2.45, 2.75) is 38.3 Å². The van der Waals surface area contributed by atoms with Gasteiger partial charge in [0.1, 0.15) is 11.5 Å². The molecule has 23 heavy (non-hydrogen) atoms. The molecule has 126 valence electrons. The SMILES string of the molecule is COc1ccc(OC)c(CN(C(=O)CNCC2CC2)C2CC2)c1. The van der Waals surface area contributed by atoms with Gasteiger partial charge < -0.3 is 19.7 Å². The van der Waals surface area contributed by atoms with Crippen LogP contribution in [0.25, 0.3) is 0 Å². The molecule has 0 atom stereocenters. The zero-order chi connectivity index (χ0) is 16.2. The van der Waals surface area contributed by atoms with Crippen molar-refractivity contribution in [3.63, 3.8) is 0 Å². The fraction of sp³-hybridized carbons (Fsp3) is 0.611.